The zero-order valence-electron chi connectivity index (χ0n) is 5.61. The van der Waals surface area contributed by atoms with Crippen molar-refractivity contribution in [2.45, 2.75) is 26.9 Å². The standard InChI is InChI=1S/C6H13BrO/c1-6(2,3)5(8)4-7/h5,8H,4H2,1-3H3. The lowest BCUT2D eigenvalue weighted by Gasteiger charge is -2.23. The van der Waals surface area contributed by atoms with Crippen molar-refractivity contribution in [3.05, 3.63) is 0 Å². The van der Waals surface area contributed by atoms with Gasteiger partial charge in [0.15, 0.2) is 0 Å². The lowest BCUT2D eigenvalue weighted by molar-refractivity contribution is 0.0853. The molecule has 0 spiro atoms. The lowest BCUT2D eigenvalue weighted by atomic mass is 9.91. The van der Waals surface area contributed by atoms with Gasteiger partial charge >= 0.3 is 0 Å². The first-order valence-electron chi connectivity index (χ1n) is 2.72. The summed E-state index contributed by atoms with van der Waals surface area (Å²) in [6.45, 7) is 6.04. The van der Waals surface area contributed by atoms with Gasteiger partial charge in [-0.1, -0.05) is 36.7 Å². The fraction of sp³-hybridized carbons (Fsp3) is 1.00. The predicted molar refractivity (Wildman–Crippen MR) is 39.3 cm³/mol. The molecule has 8 heavy (non-hydrogen) atoms. The van der Waals surface area contributed by atoms with Gasteiger partial charge in [-0.15, -0.1) is 0 Å². The SMILES string of the molecule is CC(C)(C)C(O)CBr. The molecular formula is C6H13BrO. The van der Waals surface area contributed by atoms with Gasteiger partial charge < -0.3 is 5.11 Å². The smallest absolute Gasteiger partial charge is 0.0685 e. The Labute approximate surface area is 59.2 Å². The summed E-state index contributed by atoms with van der Waals surface area (Å²) >= 11 is 3.20. The molecule has 0 fully saturated rings. The Kier molecular flexibility index (Phi) is 2.99. The van der Waals surface area contributed by atoms with Crippen LogP contribution in [0, 0.1) is 5.41 Å². The molecule has 0 aliphatic heterocycles. The van der Waals surface area contributed by atoms with Gasteiger partial charge in [-0.3, -0.25) is 0 Å². The van der Waals surface area contributed by atoms with Crippen LogP contribution in [0.15, 0.2) is 0 Å². The summed E-state index contributed by atoms with van der Waals surface area (Å²) in [6, 6.07) is 0. The number of aliphatic hydroxyl groups excluding tert-OH is 1. The molecule has 0 aromatic heterocycles. The minimum absolute atomic E-state index is 0.0174. The molecule has 0 rings (SSSR count). The first-order valence-corrected chi connectivity index (χ1v) is 3.84. The molecule has 0 heterocycles. The van der Waals surface area contributed by atoms with Crippen LogP contribution < -0.4 is 0 Å². The number of aliphatic hydroxyl groups is 1. The van der Waals surface area contributed by atoms with E-state index in [0.717, 1.165) is 0 Å². The molecule has 1 N–H and O–H groups in total. The average molecular weight is 181 g/mol. The van der Waals surface area contributed by atoms with E-state index in [-0.39, 0.29) is 11.5 Å². The molecule has 0 saturated carbocycles. The molecule has 0 aromatic carbocycles. The van der Waals surface area contributed by atoms with E-state index in [9.17, 15) is 0 Å². The van der Waals surface area contributed by atoms with Crippen molar-refractivity contribution in [2.24, 2.45) is 5.41 Å². The van der Waals surface area contributed by atoms with Gasteiger partial charge in [-0.25, -0.2) is 0 Å². The minimum Gasteiger partial charge on any atom is -0.392 e. The molecule has 0 aliphatic rings. The Bertz CT molecular complexity index is 65.4. The quantitative estimate of drug-likeness (QED) is 0.611. The van der Waals surface area contributed by atoms with E-state index in [1.54, 1.807) is 0 Å². The van der Waals surface area contributed by atoms with Crippen molar-refractivity contribution >= 4 is 15.9 Å². The second-order valence-electron chi connectivity index (χ2n) is 3.04. The fourth-order valence-corrected chi connectivity index (χ4v) is 1.20. The highest BCUT2D eigenvalue weighted by Crippen LogP contribution is 2.19. The normalized spacial score (nSPS) is 16.1. The maximum atomic E-state index is 9.15. The summed E-state index contributed by atoms with van der Waals surface area (Å²) in [4.78, 5) is 0. The van der Waals surface area contributed by atoms with E-state index >= 15 is 0 Å². The van der Waals surface area contributed by atoms with Crippen molar-refractivity contribution in [1.29, 1.82) is 0 Å². The second-order valence-corrected chi connectivity index (χ2v) is 3.68. The average Bonchev–Trinajstić information content (AvgIpc) is 1.62. The maximum absolute atomic E-state index is 9.15. The Hall–Kier alpha value is 0.440. The summed E-state index contributed by atoms with van der Waals surface area (Å²) in [6.07, 6.45) is -0.234. The van der Waals surface area contributed by atoms with Gasteiger partial charge in [0.1, 0.15) is 0 Å². The number of rotatable bonds is 1. The molecule has 1 nitrogen and oxygen atoms in total. The Balaban J connectivity index is 3.62. The van der Waals surface area contributed by atoms with Crippen molar-refractivity contribution in [3.8, 4) is 0 Å². The summed E-state index contributed by atoms with van der Waals surface area (Å²) in [5.74, 6) is 0. The topological polar surface area (TPSA) is 20.2 Å². The minimum atomic E-state index is -0.234. The predicted octanol–water partition coefficient (Wildman–Crippen LogP) is 1.79. The van der Waals surface area contributed by atoms with Gasteiger partial charge in [0.25, 0.3) is 0 Å². The van der Waals surface area contributed by atoms with E-state index < -0.39 is 0 Å². The molecule has 0 aliphatic carbocycles. The first-order chi connectivity index (χ1) is 3.48. The van der Waals surface area contributed by atoms with Gasteiger partial charge in [0.2, 0.25) is 0 Å². The third-order valence-electron chi connectivity index (χ3n) is 1.15. The van der Waals surface area contributed by atoms with Crippen LogP contribution in [0.2, 0.25) is 0 Å². The lowest BCUT2D eigenvalue weighted by Crippen LogP contribution is -2.26. The van der Waals surface area contributed by atoms with Crippen LogP contribution in [0.3, 0.4) is 0 Å². The van der Waals surface area contributed by atoms with E-state index in [1.165, 1.54) is 0 Å². The van der Waals surface area contributed by atoms with E-state index in [1.807, 2.05) is 20.8 Å². The molecule has 1 unspecified atom stereocenters. The van der Waals surface area contributed by atoms with Crippen molar-refractivity contribution in [2.75, 3.05) is 5.33 Å². The highest BCUT2D eigenvalue weighted by Gasteiger charge is 2.19. The van der Waals surface area contributed by atoms with Crippen LogP contribution >= 0.6 is 15.9 Å². The monoisotopic (exact) mass is 180 g/mol. The molecule has 50 valence electrons. The fourth-order valence-electron chi connectivity index (χ4n) is 0.231. The van der Waals surface area contributed by atoms with Gasteiger partial charge in [0, 0.05) is 5.33 Å². The van der Waals surface area contributed by atoms with Crippen LogP contribution in [0.4, 0.5) is 0 Å². The van der Waals surface area contributed by atoms with Crippen LogP contribution in [-0.4, -0.2) is 16.5 Å². The van der Waals surface area contributed by atoms with Crippen LogP contribution in [-0.2, 0) is 0 Å². The summed E-state index contributed by atoms with van der Waals surface area (Å²) in [5.41, 5.74) is 0.0174. The zero-order chi connectivity index (χ0) is 6.78. The Morgan fingerprint density at radius 2 is 1.88 bits per heavy atom. The number of halogens is 1. The van der Waals surface area contributed by atoms with E-state index in [4.69, 9.17) is 5.11 Å². The molecule has 0 amide bonds. The van der Waals surface area contributed by atoms with Gasteiger partial charge in [0.05, 0.1) is 6.10 Å². The highest BCUT2D eigenvalue weighted by atomic mass is 79.9. The highest BCUT2D eigenvalue weighted by molar-refractivity contribution is 9.09. The molecule has 1 atom stereocenters. The largest absolute Gasteiger partial charge is 0.392 e. The van der Waals surface area contributed by atoms with Crippen molar-refractivity contribution in [1.82, 2.24) is 0 Å². The molecule has 0 saturated heterocycles. The van der Waals surface area contributed by atoms with Crippen molar-refractivity contribution < 1.29 is 5.11 Å². The molecule has 2 heteroatoms. The van der Waals surface area contributed by atoms with Crippen LogP contribution in [0.25, 0.3) is 0 Å². The zero-order valence-corrected chi connectivity index (χ0v) is 7.20. The second kappa shape index (κ2) is 2.83. The molecule has 0 radical (unpaired) electrons. The summed E-state index contributed by atoms with van der Waals surface area (Å²) < 4.78 is 0. The third-order valence-corrected chi connectivity index (χ3v) is 1.76. The number of hydrogen-bond donors (Lipinski definition) is 1. The van der Waals surface area contributed by atoms with E-state index in [0.29, 0.717) is 5.33 Å². The van der Waals surface area contributed by atoms with E-state index in [2.05, 4.69) is 15.9 Å². The third kappa shape index (κ3) is 2.68. The van der Waals surface area contributed by atoms with Gasteiger partial charge in [-0.2, -0.15) is 0 Å². The number of hydrogen-bond acceptors (Lipinski definition) is 1. The summed E-state index contributed by atoms with van der Waals surface area (Å²) in [5, 5.41) is 9.81. The molecule has 0 bridgehead atoms. The van der Waals surface area contributed by atoms with Crippen LogP contribution in [0.1, 0.15) is 20.8 Å². The molecule has 0 aromatic rings. The van der Waals surface area contributed by atoms with Crippen LogP contribution in [0.5, 0.6) is 0 Å². The first kappa shape index (κ1) is 8.44. The Morgan fingerprint density at radius 1 is 1.50 bits per heavy atom. The van der Waals surface area contributed by atoms with Crippen molar-refractivity contribution in [3.63, 3.8) is 0 Å². The number of alkyl halides is 1. The molecular weight excluding hydrogens is 168 g/mol. The Morgan fingerprint density at radius 3 is 1.88 bits per heavy atom. The maximum Gasteiger partial charge on any atom is 0.0685 e. The van der Waals surface area contributed by atoms with Gasteiger partial charge in [-0.05, 0) is 5.41 Å². The summed E-state index contributed by atoms with van der Waals surface area (Å²) in [7, 11) is 0.